The number of anilines is 1. The van der Waals surface area contributed by atoms with Gasteiger partial charge in [-0.2, -0.15) is 0 Å². The van der Waals surface area contributed by atoms with E-state index in [2.05, 4.69) is 15.4 Å². The van der Waals surface area contributed by atoms with Crippen LogP contribution in [0.15, 0.2) is 24.3 Å². The highest BCUT2D eigenvalue weighted by molar-refractivity contribution is 5.92. The molecule has 0 aliphatic rings. The second-order valence-corrected chi connectivity index (χ2v) is 3.33. The maximum atomic E-state index is 11.2. The first-order chi connectivity index (χ1) is 8.11. The molecule has 6 nitrogen and oxygen atoms in total. The Hall–Kier alpha value is -2.08. The number of nitrogens with one attached hydrogen (secondary N) is 2. The molecule has 0 aliphatic carbocycles. The van der Waals surface area contributed by atoms with Crippen molar-refractivity contribution in [3.05, 3.63) is 29.8 Å². The lowest BCUT2D eigenvalue weighted by Gasteiger charge is -2.06. The first kappa shape index (κ1) is 13.0. The Labute approximate surface area is 98.6 Å². The van der Waals surface area contributed by atoms with Crippen molar-refractivity contribution in [1.82, 2.24) is 5.32 Å². The molecule has 17 heavy (non-hydrogen) atoms. The van der Waals surface area contributed by atoms with Crippen LogP contribution in [-0.2, 0) is 16.1 Å². The maximum Gasteiger partial charge on any atom is 0.506 e. The molecule has 0 unspecified atom stereocenters. The third-order valence-electron chi connectivity index (χ3n) is 1.94. The fraction of sp³-hybridized carbons (Fsp3) is 0.273. The summed E-state index contributed by atoms with van der Waals surface area (Å²) in [5.74, 6) is -0.137. The molecule has 1 aromatic rings. The third-order valence-corrected chi connectivity index (χ3v) is 1.94. The molecule has 0 saturated heterocycles. The Bertz CT molecular complexity index is 389. The zero-order chi connectivity index (χ0) is 12.7. The number of carbonyl (C=O) groups excluding carboxylic acids is 1. The van der Waals surface area contributed by atoms with Crippen LogP contribution < -0.4 is 10.6 Å². The van der Waals surface area contributed by atoms with Gasteiger partial charge in [0.15, 0.2) is 0 Å². The second-order valence-electron chi connectivity index (χ2n) is 3.33. The number of benzene rings is 1. The fourth-order valence-corrected chi connectivity index (χ4v) is 1.20. The minimum absolute atomic E-state index is 0.0000747. The van der Waals surface area contributed by atoms with E-state index in [9.17, 15) is 9.59 Å². The monoisotopic (exact) mass is 238 g/mol. The molecule has 92 valence electrons. The molecule has 0 bridgehead atoms. The van der Waals surface area contributed by atoms with Crippen LogP contribution in [-0.4, -0.2) is 30.8 Å². The Balaban J connectivity index is 2.49. The lowest BCUT2D eigenvalue weighted by molar-refractivity contribution is -0.115. The smallest absolute Gasteiger partial charge is 0.450 e. The molecule has 3 N–H and O–H groups in total. The quantitative estimate of drug-likeness (QED) is 0.667. The molecule has 0 saturated carbocycles. The zero-order valence-corrected chi connectivity index (χ0v) is 9.40. The summed E-state index contributed by atoms with van der Waals surface area (Å²) in [6, 6.07) is 6.76. The molecule has 6 heteroatoms. The summed E-state index contributed by atoms with van der Waals surface area (Å²) in [5, 5.41) is 13.7. The maximum absolute atomic E-state index is 11.2. The van der Waals surface area contributed by atoms with E-state index in [4.69, 9.17) is 5.11 Å². The molecule has 0 spiro atoms. The Morgan fingerprint density at radius 1 is 1.29 bits per heavy atom. The van der Waals surface area contributed by atoms with Gasteiger partial charge in [0.1, 0.15) is 6.61 Å². The molecule has 0 atom stereocenters. The Morgan fingerprint density at radius 3 is 2.47 bits per heavy atom. The van der Waals surface area contributed by atoms with Crippen molar-refractivity contribution in [1.29, 1.82) is 0 Å². The SMILES string of the molecule is CNCC(=O)Nc1ccc(COC(=O)O)cc1. The van der Waals surface area contributed by atoms with Crippen LogP contribution in [0.5, 0.6) is 0 Å². The summed E-state index contributed by atoms with van der Waals surface area (Å²) >= 11 is 0. The Morgan fingerprint density at radius 2 is 1.94 bits per heavy atom. The van der Waals surface area contributed by atoms with E-state index in [-0.39, 0.29) is 19.1 Å². The van der Waals surface area contributed by atoms with E-state index in [1.54, 1.807) is 31.3 Å². The van der Waals surface area contributed by atoms with E-state index >= 15 is 0 Å². The molecule has 1 rings (SSSR count). The first-order valence-electron chi connectivity index (χ1n) is 5.01. The molecule has 1 aromatic carbocycles. The molecule has 0 aromatic heterocycles. The minimum Gasteiger partial charge on any atom is -0.450 e. The third kappa shape index (κ3) is 4.98. The highest BCUT2D eigenvalue weighted by Crippen LogP contribution is 2.10. The number of carbonyl (C=O) groups is 2. The molecule has 0 heterocycles. The number of carboxylic acid groups (broad SMARTS) is 1. The van der Waals surface area contributed by atoms with Gasteiger partial charge >= 0.3 is 6.16 Å². The highest BCUT2D eigenvalue weighted by Gasteiger charge is 2.01. The fourth-order valence-electron chi connectivity index (χ4n) is 1.20. The van der Waals surface area contributed by atoms with Gasteiger partial charge in [0.05, 0.1) is 6.54 Å². The number of hydrogen-bond donors (Lipinski definition) is 3. The summed E-state index contributed by atoms with van der Waals surface area (Å²) in [5.41, 5.74) is 1.38. The van der Waals surface area contributed by atoms with Crippen LogP contribution >= 0.6 is 0 Å². The van der Waals surface area contributed by atoms with Crippen LogP contribution in [0, 0.1) is 0 Å². The molecule has 0 radical (unpaired) electrons. The highest BCUT2D eigenvalue weighted by atomic mass is 16.7. The largest absolute Gasteiger partial charge is 0.506 e. The van der Waals surface area contributed by atoms with Crippen molar-refractivity contribution in [3.63, 3.8) is 0 Å². The number of amides is 1. The van der Waals surface area contributed by atoms with E-state index < -0.39 is 6.16 Å². The second kappa shape index (κ2) is 6.49. The molecule has 0 fully saturated rings. The van der Waals surface area contributed by atoms with E-state index in [0.717, 1.165) is 5.56 Å². The van der Waals surface area contributed by atoms with Crippen LogP contribution in [0.4, 0.5) is 10.5 Å². The zero-order valence-electron chi connectivity index (χ0n) is 9.40. The summed E-state index contributed by atoms with van der Waals surface area (Å²) in [6.07, 6.45) is -1.31. The van der Waals surface area contributed by atoms with Crippen LogP contribution in [0.25, 0.3) is 0 Å². The van der Waals surface area contributed by atoms with Gasteiger partial charge in [-0.1, -0.05) is 12.1 Å². The summed E-state index contributed by atoms with van der Waals surface area (Å²) in [7, 11) is 1.69. The number of hydrogen-bond acceptors (Lipinski definition) is 4. The topological polar surface area (TPSA) is 87.7 Å². The van der Waals surface area contributed by atoms with E-state index in [1.165, 1.54) is 0 Å². The average molecular weight is 238 g/mol. The van der Waals surface area contributed by atoms with Crippen molar-refractivity contribution in [3.8, 4) is 0 Å². The summed E-state index contributed by atoms with van der Waals surface area (Å²) in [4.78, 5) is 21.4. The first-order valence-corrected chi connectivity index (χ1v) is 5.01. The van der Waals surface area contributed by atoms with Crippen molar-refractivity contribution < 1.29 is 19.4 Å². The van der Waals surface area contributed by atoms with Crippen LogP contribution in [0.3, 0.4) is 0 Å². The number of ether oxygens (including phenoxy) is 1. The minimum atomic E-state index is -1.31. The van der Waals surface area contributed by atoms with Crippen molar-refractivity contribution in [2.75, 3.05) is 18.9 Å². The van der Waals surface area contributed by atoms with Gasteiger partial charge < -0.3 is 20.5 Å². The average Bonchev–Trinajstić information content (AvgIpc) is 2.28. The van der Waals surface area contributed by atoms with E-state index in [0.29, 0.717) is 5.69 Å². The summed E-state index contributed by atoms with van der Waals surface area (Å²) < 4.78 is 4.41. The molecular weight excluding hydrogens is 224 g/mol. The predicted molar refractivity (Wildman–Crippen MR) is 61.8 cm³/mol. The van der Waals surface area contributed by atoms with Crippen molar-refractivity contribution >= 4 is 17.7 Å². The van der Waals surface area contributed by atoms with Gasteiger partial charge in [0.2, 0.25) is 5.91 Å². The Kier molecular flexibility index (Phi) is 4.96. The lowest BCUT2D eigenvalue weighted by Crippen LogP contribution is -2.24. The number of rotatable bonds is 5. The lowest BCUT2D eigenvalue weighted by atomic mass is 10.2. The van der Waals surface area contributed by atoms with Crippen LogP contribution in [0.1, 0.15) is 5.56 Å². The summed E-state index contributed by atoms with van der Waals surface area (Å²) in [6.45, 7) is 0.240. The normalized spacial score (nSPS) is 9.71. The van der Waals surface area contributed by atoms with E-state index in [1.807, 2.05) is 0 Å². The molecule has 1 amide bonds. The number of likely N-dealkylation sites (N-methyl/N-ethyl adjacent to an activating group) is 1. The van der Waals surface area contributed by atoms with Crippen LogP contribution in [0.2, 0.25) is 0 Å². The van der Waals surface area contributed by atoms with Gasteiger partial charge in [-0.25, -0.2) is 4.79 Å². The van der Waals surface area contributed by atoms with Crippen molar-refractivity contribution in [2.45, 2.75) is 6.61 Å². The standard InChI is InChI=1S/C11H14N2O4/c1-12-6-10(14)13-9-4-2-8(3-5-9)7-17-11(15)16/h2-5,12H,6-7H2,1H3,(H,13,14)(H,15,16). The van der Waals surface area contributed by atoms with Gasteiger partial charge in [-0.15, -0.1) is 0 Å². The van der Waals surface area contributed by atoms with Gasteiger partial charge in [-0.3, -0.25) is 4.79 Å². The van der Waals surface area contributed by atoms with Gasteiger partial charge in [0.25, 0.3) is 0 Å². The molecular formula is C11H14N2O4. The van der Waals surface area contributed by atoms with Crippen molar-refractivity contribution in [2.24, 2.45) is 0 Å². The van der Waals surface area contributed by atoms with Gasteiger partial charge in [0, 0.05) is 5.69 Å². The molecule has 0 aliphatic heterocycles. The van der Waals surface area contributed by atoms with Gasteiger partial charge in [-0.05, 0) is 24.7 Å². The predicted octanol–water partition coefficient (Wildman–Crippen LogP) is 1.04.